The number of para-hydroxylation sites is 1. The van der Waals surface area contributed by atoms with Crippen LogP contribution in [0.1, 0.15) is 56.6 Å². The Bertz CT molecular complexity index is 1330. The molecule has 10 nitrogen and oxygen atoms in total. The molecule has 12 heteroatoms. The van der Waals surface area contributed by atoms with E-state index < -0.39 is 21.2 Å². The number of methoxy groups -OCH3 is 2. The number of anilines is 1. The lowest BCUT2D eigenvalue weighted by atomic mass is 10.1. The molecule has 0 radical (unpaired) electrons. The Kier molecular flexibility index (Phi) is 5.87. The quantitative estimate of drug-likeness (QED) is 0.452. The zero-order valence-electron chi connectivity index (χ0n) is 19.9. The van der Waals surface area contributed by atoms with Crippen molar-refractivity contribution in [2.24, 2.45) is 5.41 Å². The normalized spacial score (nSPS) is 19.7. The fourth-order valence-electron chi connectivity index (χ4n) is 4.54. The third-order valence-electron chi connectivity index (χ3n) is 7.18. The molecule has 1 aromatic carbocycles. The van der Waals surface area contributed by atoms with Crippen LogP contribution in [0.5, 0.6) is 11.5 Å². The highest BCUT2D eigenvalue weighted by molar-refractivity contribution is 7.93. The van der Waals surface area contributed by atoms with Crippen molar-refractivity contribution in [2.75, 3.05) is 18.9 Å². The second kappa shape index (κ2) is 8.63. The predicted molar refractivity (Wildman–Crippen MR) is 131 cm³/mol. The van der Waals surface area contributed by atoms with E-state index in [9.17, 15) is 8.42 Å². The lowest BCUT2D eigenvalue weighted by Gasteiger charge is -2.21. The number of nitrogens with zero attached hydrogens (tertiary/aromatic N) is 5. The zero-order valence-corrected chi connectivity index (χ0v) is 21.5. The molecule has 2 aromatic heterocycles. The summed E-state index contributed by atoms with van der Waals surface area (Å²) in [5.74, 6) is 1.92. The molecule has 2 fully saturated rings. The molecule has 2 heterocycles. The molecule has 2 aliphatic carbocycles. The summed E-state index contributed by atoms with van der Waals surface area (Å²) in [6, 6.07) is 5.40. The molecule has 35 heavy (non-hydrogen) atoms. The monoisotopic (exact) mass is 518 g/mol. The van der Waals surface area contributed by atoms with Crippen LogP contribution in [0.4, 0.5) is 5.95 Å². The number of rotatable bonds is 9. The van der Waals surface area contributed by atoms with E-state index in [1.807, 2.05) is 6.07 Å². The van der Waals surface area contributed by atoms with Crippen molar-refractivity contribution in [1.29, 1.82) is 0 Å². The maximum atomic E-state index is 13.5. The van der Waals surface area contributed by atoms with Gasteiger partial charge in [-0.1, -0.05) is 24.6 Å². The first-order chi connectivity index (χ1) is 16.7. The molecule has 186 valence electrons. The molecule has 2 aliphatic rings. The van der Waals surface area contributed by atoms with E-state index >= 15 is 0 Å². The highest BCUT2D eigenvalue weighted by atomic mass is 35.5. The van der Waals surface area contributed by atoms with Crippen LogP contribution in [-0.2, 0) is 10.0 Å². The van der Waals surface area contributed by atoms with Gasteiger partial charge in [-0.3, -0.25) is 9.29 Å². The average Bonchev–Trinajstić information content (AvgIpc) is 3.75. The van der Waals surface area contributed by atoms with Crippen LogP contribution in [-0.4, -0.2) is 52.6 Å². The van der Waals surface area contributed by atoms with Crippen molar-refractivity contribution in [3.8, 4) is 17.2 Å². The second-order valence-corrected chi connectivity index (χ2v) is 11.7. The van der Waals surface area contributed by atoms with Gasteiger partial charge in [0, 0.05) is 24.2 Å². The van der Waals surface area contributed by atoms with Gasteiger partial charge in [-0.15, -0.1) is 10.2 Å². The van der Waals surface area contributed by atoms with Crippen LogP contribution in [0.25, 0.3) is 5.69 Å². The van der Waals surface area contributed by atoms with Gasteiger partial charge in [0.1, 0.15) is 28.8 Å². The fourth-order valence-corrected chi connectivity index (χ4v) is 5.87. The molecule has 0 bridgehead atoms. The average molecular weight is 519 g/mol. The van der Waals surface area contributed by atoms with Gasteiger partial charge >= 0.3 is 0 Å². The third kappa shape index (κ3) is 4.20. The van der Waals surface area contributed by atoms with Gasteiger partial charge in [0.25, 0.3) is 0 Å². The molecule has 0 aliphatic heterocycles. The zero-order chi connectivity index (χ0) is 25.0. The topological polar surface area (TPSA) is 121 Å². The number of sulfonamides is 1. The first-order valence-corrected chi connectivity index (χ1v) is 13.3. The largest absolute Gasteiger partial charge is 0.494 e. The number of hydrogen-bond donors (Lipinski definition) is 1. The van der Waals surface area contributed by atoms with Crippen molar-refractivity contribution in [2.45, 2.75) is 50.2 Å². The molecule has 0 amide bonds. The molecular formula is C23H27ClN6O4S. The van der Waals surface area contributed by atoms with Crippen molar-refractivity contribution >= 4 is 27.6 Å². The minimum absolute atomic E-state index is 0.0848. The SMILES string of the molecule is COc1cccc(OC)c1-n1c(NS(=O)(=O)C(C)C(C)c2ncc(Cl)cn2)nnc1[C@H]1CC12CC2. The highest BCUT2D eigenvalue weighted by Crippen LogP contribution is 2.75. The van der Waals surface area contributed by atoms with E-state index in [0.29, 0.717) is 33.9 Å². The molecule has 0 saturated heterocycles. The first kappa shape index (κ1) is 23.8. The summed E-state index contributed by atoms with van der Waals surface area (Å²) in [6.45, 7) is 3.37. The van der Waals surface area contributed by atoms with E-state index in [4.69, 9.17) is 21.1 Å². The van der Waals surface area contributed by atoms with E-state index in [1.54, 1.807) is 44.8 Å². The van der Waals surface area contributed by atoms with Gasteiger partial charge in [0.2, 0.25) is 16.0 Å². The summed E-state index contributed by atoms with van der Waals surface area (Å²) < 4.78 is 42.6. The molecule has 2 unspecified atom stereocenters. The van der Waals surface area contributed by atoms with Gasteiger partial charge in [-0.25, -0.2) is 18.4 Å². The number of aromatic nitrogens is 5. The second-order valence-electron chi connectivity index (χ2n) is 9.25. The van der Waals surface area contributed by atoms with Crippen molar-refractivity contribution in [1.82, 2.24) is 24.7 Å². The smallest absolute Gasteiger partial charge is 0.243 e. The standard InChI is InChI=1S/C23H27ClN6O4S/c1-13(20-25-11-15(24)12-26-20)14(2)35(31,32)29-22-28-27-21(16-10-23(16)8-9-23)30(22)19-17(33-3)6-5-7-18(19)34-4/h5-7,11-14,16H,8-10H2,1-4H3,(H,28,29)/t13?,14?,16-/m1/s1. The van der Waals surface area contributed by atoms with Crippen LogP contribution in [0.2, 0.25) is 5.02 Å². The van der Waals surface area contributed by atoms with Crippen LogP contribution in [0.3, 0.4) is 0 Å². The lowest BCUT2D eigenvalue weighted by Crippen LogP contribution is -2.31. The van der Waals surface area contributed by atoms with Crippen LogP contribution >= 0.6 is 11.6 Å². The van der Waals surface area contributed by atoms with Crippen molar-refractivity contribution < 1.29 is 17.9 Å². The molecular weight excluding hydrogens is 492 g/mol. The number of hydrogen-bond acceptors (Lipinski definition) is 8. The minimum Gasteiger partial charge on any atom is -0.494 e. The molecule has 1 spiro atoms. The molecule has 3 atom stereocenters. The Hall–Kier alpha value is -2.92. The highest BCUT2D eigenvalue weighted by Gasteiger charge is 2.65. The van der Waals surface area contributed by atoms with E-state index in [1.165, 1.54) is 12.4 Å². The lowest BCUT2D eigenvalue weighted by molar-refractivity contribution is 0.390. The van der Waals surface area contributed by atoms with Crippen LogP contribution < -0.4 is 14.2 Å². The summed E-state index contributed by atoms with van der Waals surface area (Å²) in [5, 5.41) is 8.22. The Labute approximate surface area is 209 Å². The molecule has 5 rings (SSSR count). The van der Waals surface area contributed by atoms with Crippen LogP contribution in [0.15, 0.2) is 30.6 Å². The number of benzene rings is 1. The number of nitrogens with one attached hydrogen (secondary N) is 1. The molecule has 3 aromatic rings. The van der Waals surface area contributed by atoms with Crippen molar-refractivity contribution in [3.05, 3.63) is 47.3 Å². The summed E-state index contributed by atoms with van der Waals surface area (Å²) in [7, 11) is -0.799. The number of ether oxygens (including phenoxy) is 2. The summed E-state index contributed by atoms with van der Waals surface area (Å²) in [5.41, 5.74) is 0.823. The van der Waals surface area contributed by atoms with Gasteiger partial charge < -0.3 is 9.47 Å². The minimum atomic E-state index is -3.91. The van der Waals surface area contributed by atoms with Crippen LogP contribution in [0, 0.1) is 5.41 Å². The molecule has 2 saturated carbocycles. The van der Waals surface area contributed by atoms with Gasteiger partial charge in [-0.2, -0.15) is 0 Å². The first-order valence-electron chi connectivity index (χ1n) is 11.4. The Morgan fingerprint density at radius 2 is 1.74 bits per heavy atom. The summed E-state index contributed by atoms with van der Waals surface area (Å²) in [6.07, 6.45) is 6.20. The van der Waals surface area contributed by atoms with Gasteiger partial charge in [0.05, 0.1) is 24.5 Å². The summed E-state index contributed by atoms with van der Waals surface area (Å²) in [4.78, 5) is 8.37. The Morgan fingerprint density at radius 3 is 2.29 bits per heavy atom. The Balaban J connectivity index is 1.54. The van der Waals surface area contributed by atoms with Crippen molar-refractivity contribution in [3.63, 3.8) is 0 Å². The third-order valence-corrected chi connectivity index (χ3v) is 9.23. The maximum absolute atomic E-state index is 13.5. The number of halogens is 1. The predicted octanol–water partition coefficient (Wildman–Crippen LogP) is 3.93. The van der Waals surface area contributed by atoms with E-state index in [-0.39, 0.29) is 17.3 Å². The van der Waals surface area contributed by atoms with Gasteiger partial charge in [-0.05, 0) is 43.7 Å². The van der Waals surface area contributed by atoms with Gasteiger partial charge in [0.15, 0.2) is 0 Å². The fraction of sp³-hybridized carbons (Fsp3) is 0.478. The molecule has 1 N–H and O–H groups in total. The maximum Gasteiger partial charge on any atom is 0.243 e. The Morgan fingerprint density at radius 1 is 1.11 bits per heavy atom. The van der Waals surface area contributed by atoms with E-state index in [2.05, 4.69) is 24.9 Å². The summed E-state index contributed by atoms with van der Waals surface area (Å²) >= 11 is 5.88. The van der Waals surface area contributed by atoms with E-state index in [0.717, 1.165) is 19.3 Å².